The van der Waals surface area contributed by atoms with Gasteiger partial charge < -0.3 is 5.32 Å². The topological polar surface area (TPSA) is 24.9 Å². The summed E-state index contributed by atoms with van der Waals surface area (Å²) in [6.45, 7) is 3.71. The van der Waals surface area contributed by atoms with Crippen LogP contribution in [0.1, 0.15) is 18.9 Å². The van der Waals surface area contributed by atoms with E-state index in [4.69, 9.17) is 0 Å². The van der Waals surface area contributed by atoms with E-state index in [9.17, 15) is 0 Å². The lowest BCUT2D eigenvalue weighted by Gasteiger charge is -2.00. The molecular formula is C11H14N2. The van der Waals surface area contributed by atoms with Gasteiger partial charge in [0, 0.05) is 31.9 Å². The van der Waals surface area contributed by atoms with Gasteiger partial charge in [-0.05, 0) is 24.6 Å². The molecule has 0 bridgehead atoms. The van der Waals surface area contributed by atoms with Crippen LogP contribution in [0, 0.1) is 11.8 Å². The Morgan fingerprint density at radius 2 is 2.15 bits per heavy atom. The summed E-state index contributed by atoms with van der Waals surface area (Å²) in [6, 6.07) is 4.02. The van der Waals surface area contributed by atoms with Crippen molar-refractivity contribution in [1.82, 2.24) is 10.3 Å². The van der Waals surface area contributed by atoms with Crippen molar-refractivity contribution < 1.29 is 0 Å². The second-order valence-electron chi connectivity index (χ2n) is 2.71. The summed E-state index contributed by atoms with van der Waals surface area (Å²) < 4.78 is 0. The zero-order valence-corrected chi connectivity index (χ0v) is 7.88. The lowest BCUT2D eigenvalue weighted by molar-refractivity contribution is 0.700. The van der Waals surface area contributed by atoms with Crippen LogP contribution in [0.15, 0.2) is 24.5 Å². The molecule has 0 aliphatic rings. The molecule has 13 heavy (non-hydrogen) atoms. The summed E-state index contributed by atoms with van der Waals surface area (Å²) in [6.07, 6.45) is 4.54. The van der Waals surface area contributed by atoms with Crippen molar-refractivity contribution in [1.29, 1.82) is 0 Å². The van der Waals surface area contributed by atoms with E-state index in [2.05, 4.69) is 22.1 Å². The van der Waals surface area contributed by atoms with Crippen LogP contribution < -0.4 is 5.32 Å². The van der Waals surface area contributed by atoms with E-state index in [-0.39, 0.29) is 0 Å². The summed E-state index contributed by atoms with van der Waals surface area (Å²) in [5.41, 5.74) is 1.26. The van der Waals surface area contributed by atoms with Gasteiger partial charge in [-0.1, -0.05) is 0 Å². The quantitative estimate of drug-likeness (QED) is 0.554. The van der Waals surface area contributed by atoms with Crippen LogP contribution in [0.4, 0.5) is 0 Å². The van der Waals surface area contributed by atoms with Gasteiger partial charge in [-0.3, -0.25) is 4.98 Å². The second-order valence-corrected chi connectivity index (χ2v) is 2.71. The Morgan fingerprint density at radius 3 is 2.85 bits per heavy atom. The number of nitrogens with zero attached hydrogens (tertiary/aromatic N) is 1. The molecular weight excluding hydrogens is 160 g/mol. The third-order valence-corrected chi connectivity index (χ3v) is 1.68. The van der Waals surface area contributed by atoms with Crippen LogP contribution in [-0.2, 0) is 6.54 Å². The molecule has 0 atom stereocenters. The van der Waals surface area contributed by atoms with E-state index < -0.39 is 0 Å². The van der Waals surface area contributed by atoms with E-state index >= 15 is 0 Å². The number of nitrogens with one attached hydrogen (secondary N) is 1. The maximum Gasteiger partial charge on any atom is 0.0271 e. The summed E-state index contributed by atoms with van der Waals surface area (Å²) in [5.74, 6) is 5.88. The highest BCUT2D eigenvalue weighted by Gasteiger charge is 1.88. The molecule has 2 nitrogen and oxygen atoms in total. The monoisotopic (exact) mass is 174 g/mol. The number of pyridine rings is 1. The molecule has 0 unspecified atom stereocenters. The third kappa shape index (κ3) is 4.29. The van der Waals surface area contributed by atoms with Crippen molar-refractivity contribution in [3.05, 3.63) is 30.1 Å². The standard InChI is InChI=1S/C11H14N2/c1-2-3-4-7-13-10-11-5-8-12-9-6-11/h5-6,8-9,13H,4,7,10H2,1H3. The summed E-state index contributed by atoms with van der Waals surface area (Å²) in [4.78, 5) is 3.95. The molecule has 0 fully saturated rings. The van der Waals surface area contributed by atoms with E-state index in [1.54, 1.807) is 0 Å². The van der Waals surface area contributed by atoms with Gasteiger partial charge >= 0.3 is 0 Å². The van der Waals surface area contributed by atoms with Gasteiger partial charge in [0.15, 0.2) is 0 Å². The van der Waals surface area contributed by atoms with Gasteiger partial charge in [0.2, 0.25) is 0 Å². The first-order valence-corrected chi connectivity index (χ1v) is 4.42. The molecule has 1 heterocycles. The van der Waals surface area contributed by atoms with E-state index in [1.165, 1.54) is 5.56 Å². The maximum atomic E-state index is 3.95. The fraction of sp³-hybridized carbons (Fsp3) is 0.364. The average Bonchev–Trinajstić information content (AvgIpc) is 2.19. The van der Waals surface area contributed by atoms with Gasteiger partial charge in [0.25, 0.3) is 0 Å². The highest BCUT2D eigenvalue weighted by atomic mass is 14.8. The van der Waals surface area contributed by atoms with E-state index in [1.807, 2.05) is 31.5 Å². The minimum atomic E-state index is 0.897. The van der Waals surface area contributed by atoms with Crippen LogP contribution in [0.5, 0.6) is 0 Å². The number of hydrogen-bond acceptors (Lipinski definition) is 2. The third-order valence-electron chi connectivity index (χ3n) is 1.68. The Hall–Kier alpha value is -1.33. The average molecular weight is 174 g/mol. The smallest absolute Gasteiger partial charge is 0.0271 e. The zero-order valence-electron chi connectivity index (χ0n) is 7.88. The van der Waals surface area contributed by atoms with Crippen molar-refractivity contribution in [3.63, 3.8) is 0 Å². The molecule has 1 aromatic heterocycles. The minimum Gasteiger partial charge on any atom is -0.312 e. The molecule has 1 aromatic rings. The molecule has 0 aromatic carbocycles. The summed E-state index contributed by atoms with van der Waals surface area (Å²) >= 11 is 0. The lowest BCUT2D eigenvalue weighted by Crippen LogP contribution is -2.13. The Labute approximate surface area is 79.4 Å². The van der Waals surface area contributed by atoms with Crippen molar-refractivity contribution >= 4 is 0 Å². The Kier molecular flexibility index (Phi) is 4.66. The molecule has 0 saturated heterocycles. The first-order chi connectivity index (χ1) is 6.43. The van der Waals surface area contributed by atoms with Gasteiger partial charge in [0.05, 0.1) is 0 Å². The Balaban J connectivity index is 2.16. The van der Waals surface area contributed by atoms with Crippen LogP contribution in [0.3, 0.4) is 0 Å². The molecule has 0 radical (unpaired) electrons. The number of hydrogen-bond donors (Lipinski definition) is 1. The van der Waals surface area contributed by atoms with Crippen LogP contribution >= 0.6 is 0 Å². The summed E-state index contributed by atoms with van der Waals surface area (Å²) in [5, 5.41) is 3.31. The summed E-state index contributed by atoms with van der Waals surface area (Å²) in [7, 11) is 0. The van der Waals surface area contributed by atoms with Crippen LogP contribution in [-0.4, -0.2) is 11.5 Å². The van der Waals surface area contributed by atoms with Gasteiger partial charge in [-0.25, -0.2) is 0 Å². The molecule has 1 N–H and O–H groups in total. The SMILES string of the molecule is CC#CCCNCc1ccncc1. The van der Waals surface area contributed by atoms with Crippen molar-refractivity contribution in [2.45, 2.75) is 19.9 Å². The Morgan fingerprint density at radius 1 is 1.38 bits per heavy atom. The molecule has 0 aliphatic carbocycles. The lowest BCUT2D eigenvalue weighted by atomic mass is 10.2. The van der Waals surface area contributed by atoms with Gasteiger partial charge in [-0.2, -0.15) is 0 Å². The first kappa shape index (κ1) is 9.76. The highest BCUT2D eigenvalue weighted by molar-refractivity contribution is 5.09. The normalized spacial score (nSPS) is 9.00. The second kappa shape index (κ2) is 6.22. The molecule has 0 aliphatic heterocycles. The molecule has 0 spiro atoms. The maximum absolute atomic E-state index is 3.95. The largest absolute Gasteiger partial charge is 0.312 e. The first-order valence-electron chi connectivity index (χ1n) is 4.42. The predicted molar refractivity (Wildman–Crippen MR) is 54.0 cm³/mol. The zero-order chi connectivity index (χ0) is 9.36. The van der Waals surface area contributed by atoms with Gasteiger partial charge in [0.1, 0.15) is 0 Å². The molecule has 0 amide bonds. The molecule has 68 valence electrons. The molecule has 1 rings (SSSR count). The van der Waals surface area contributed by atoms with Gasteiger partial charge in [-0.15, -0.1) is 11.8 Å². The fourth-order valence-electron chi connectivity index (χ4n) is 1.01. The van der Waals surface area contributed by atoms with Crippen molar-refractivity contribution in [3.8, 4) is 11.8 Å². The number of rotatable bonds is 4. The van der Waals surface area contributed by atoms with Crippen LogP contribution in [0.2, 0.25) is 0 Å². The number of aromatic nitrogens is 1. The predicted octanol–water partition coefficient (Wildman–Crippen LogP) is 1.58. The van der Waals surface area contributed by atoms with E-state index in [0.717, 1.165) is 19.5 Å². The minimum absolute atomic E-state index is 0.897. The molecule has 2 heteroatoms. The van der Waals surface area contributed by atoms with E-state index in [0.29, 0.717) is 0 Å². The van der Waals surface area contributed by atoms with Crippen molar-refractivity contribution in [2.24, 2.45) is 0 Å². The van der Waals surface area contributed by atoms with Crippen LogP contribution in [0.25, 0.3) is 0 Å². The molecule has 0 saturated carbocycles. The Bertz CT molecular complexity index is 282. The van der Waals surface area contributed by atoms with Crippen molar-refractivity contribution in [2.75, 3.05) is 6.54 Å². The highest BCUT2D eigenvalue weighted by Crippen LogP contribution is 1.94. The fourth-order valence-corrected chi connectivity index (χ4v) is 1.01.